The number of aromatic nitrogens is 4. The summed E-state index contributed by atoms with van der Waals surface area (Å²) in [4.78, 5) is 21.3. The van der Waals surface area contributed by atoms with E-state index in [1.807, 2.05) is 50.2 Å². The molecule has 2 aromatic carbocycles. The summed E-state index contributed by atoms with van der Waals surface area (Å²) in [6.07, 6.45) is 3.98. The first-order valence-electron chi connectivity index (χ1n) is 10.2. The summed E-state index contributed by atoms with van der Waals surface area (Å²) in [5.41, 5.74) is 3.18. The van der Waals surface area contributed by atoms with Gasteiger partial charge in [-0.15, -0.1) is 0 Å². The number of ketones is 1. The number of carbonyl (C=O) groups is 1. The zero-order valence-electron chi connectivity index (χ0n) is 17.2. The van der Waals surface area contributed by atoms with E-state index in [0.717, 1.165) is 22.0 Å². The number of anilines is 2. The zero-order valence-corrected chi connectivity index (χ0v) is 17.2. The standard InChI is InChI=1S/C24H21N5O2/c1-14(2)9-20(30)15-3-4-16-12-22(31-21(16)11-15)24-25-8-7-23(28-24)27-18-5-6-19-17(10-18)13-26-29-19/h3-8,10-14H,9H2,1-2H3,(H,26,29)(H,25,27,28). The van der Waals surface area contributed by atoms with Crippen molar-refractivity contribution in [3.05, 3.63) is 66.5 Å². The van der Waals surface area contributed by atoms with Crippen molar-refractivity contribution in [3.8, 4) is 11.6 Å². The molecule has 7 nitrogen and oxygen atoms in total. The van der Waals surface area contributed by atoms with Gasteiger partial charge in [0.15, 0.2) is 17.4 Å². The van der Waals surface area contributed by atoms with Crippen LogP contribution in [0.15, 0.2) is 65.3 Å². The summed E-state index contributed by atoms with van der Waals surface area (Å²) in [6.45, 7) is 4.07. The first kappa shape index (κ1) is 19.0. The van der Waals surface area contributed by atoms with Gasteiger partial charge in [-0.2, -0.15) is 5.10 Å². The van der Waals surface area contributed by atoms with Gasteiger partial charge in [0, 0.05) is 34.6 Å². The zero-order chi connectivity index (χ0) is 21.4. The third-order valence-electron chi connectivity index (χ3n) is 5.02. The van der Waals surface area contributed by atoms with Gasteiger partial charge in [0.05, 0.1) is 11.7 Å². The molecule has 3 heterocycles. The van der Waals surface area contributed by atoms with Crippen LogP contribution in [-0.2, 0) is 0 Å². The molecule has 5 rings (SSSR count). The van der Waals surface area contributed by atoms with Crippen LogP contribution in [0.25, 0.3) is 33.5 Å². The summed E-state index contributed by atoms with van der Waals surface area (Å²) in [6, 6.07) is 15.2. The van der Waals surface area contributed by atoms with Crippen LogP contribution < -0.4 is 5.32 Å². The molecule has 0 saturated carbocycles. The van der Waals surface area contributed by atoms with Crippen LogP contribution in [0, 0.1) is 5.92 Å². The van der Waals surface area contributed by atoms with E-state index in [4.69, 9.17) is 4.42 Å². The highest BCUT2D eigenvalue weighted by Crippen LogP contribution is 2.28. The molecule has 7 heteroatoms. The predicted molar refractivity (Wildman–Crippen MR) is 120 cm³/mol. The number of H-pyrrole nitrogens is 1. The molecule has 0 amide bonds. The van der Waals surface area contributed by atoms with Gasteiger partial charge in [0.2, 0.25) is 0 Å². The Morgan fingerprint density at radius 3 is 2.87 bits per heavy atom. The Bertz CT molecular complexity index is 1400. The highest BCUT2D eigenvalue weighted by atomic mass is 16.3. The van der Waals surface area contributed by atoms with Crippen molar-refractivity contribution >= 4 is 39.2 Å². The van der Waals surface area contributed by atoms with Crippen molar-refractivity contribution in [1.82, 2.24) is 20.2 Å². The number of furan rings is 1. The Labute approximate surface area is 178 Å². The highest BCUT2D eigenvalue weighted by Gasteiger charge is 2.14. The van der Waals surface area contributed by atoms with E-state index in [-0.39, 0.29) is 5.78 Å². The van der Waals surface area contributed by atoms with Gasteiger partial charge in [-0.3, -0.25) is 9.89 Å². The molecule has 0 unspecified atom stereocenters. The molecule has 154 valence electrons. The molecular formula is C24H21N5O2. The summed E-state index contributed by atoms with van der Waals surface area (Å²) in [7, 11) is 0. The summed E-state index contributed by atoms with van der Waals surface area (Å²) >= 11 is 0. The van der Waals surface area contributed by atoms with E-state index >= 15 is 0 Å². The van der Waals surface area contributed by atoms with Crippen LogP contribution in [0.5, 0.6) is 0 Å². The molecule has 0 atom stereocenters. The van der Waals surface area contributed by atoms with Crippen LogP contribution in [0.1, 0.15) is 30.6 Å². The number of benzene rings is 2. The maximum absolute atomic E-state index is 12.4. The Morgan fingerprint density at radius 2 is 2.00 bits per heavy atom. The molecule has 0 fully saturated rings. The van der Waals surface area contributed by atoms with Gasteiger partial charge in [-0.1, -0.05) is 26.0 Å². The minimum atomic E-state index is 0.117. The fourth-order valence-electron chi connectivity index (χ4n) is 3.52. The van der Waals surface area contributed by atoms with Crippen molar-refractivity contribution in [2.45, 2.75) is 20.3 Å². The Kier molecular flexibility index (Phi) is 4.71. The predicted octanol–water partition coefficient (Wildman–Crippen LogP) is 5.74. The third-order valence-corrected chi connectivity index (χ3v) is 5.02. The number of nitrogens with one attached hydrogen (secondary N) is 2. The number of hydrogen-bond donors (Lipinski definition) is 2. The van der Waals surface area contributed by atoms with E-state index in [2.05, 4.69) is 25.5 Å². The molecule has 0 aliphatic rings. The first-order chi connectivity index (χ1) is 15.0. The number of aromatic amines is 1. The molecule has 0 aliphatic heterocycles. The molecule has 0 aliphatic carbocycles. The van der Waals surface area contributed by atoms with Gasteiger partial charge in [-0.05, 0) is 42.3 Å². The van der Waals surface area contributed by atoms with Crippen LogP contribution in [0.3, 0.4) is 0 Å². The van der Waals surface area contributed by atoms with Crippen LogP contribution in [0.4, 0.5) is 11.5 Å². The largest absolute Gasteiger partial charge is 0.453 e. The fraction of sp³-hybridized carbons (Fsp3) is 0.167. The average Bonchev–Trinajstić information content (AvgIpc) is 3.39. The van der Waals surface area contributed by atoms with E-state index < -0.39 is 0 Å². The van der Waals surface area contributed by atoms with Gasteiger partial charge in [0.1, 0.15) is 11.4 Å². The average molecular weight is 411 g/mol. The lowest BCUT2D eigenvalue weighted by Gasteiger charge is -2.06. The summed E-state index contributed by atoms with van der Waals surface area (Å²) < 4.78 is 5.98. The molecule has 31 heavy (non-hydrogen) atoms. The number of Topliss-reactive ketones (excluding diaryl/α,β-unsaturated/α-hetero) is 1. The SMILES string of the molecule is CC(C)CC(=O)c1ccc2cc(-c3nccc(Nc4ccc5[nH]ncc5c4)n3)oc2c1. The third kappa shape index (κ3) is 3.90. The summed E-state index contributed by atoms with van der Waals surface area (Å²) in [5, 5.41) is 12.2. The van der Waals surface area contributed by atoms with Crippen molar-refractivity contribution in [2.24, 2.45) is 5.92 Å². The number of carbonyl (C=O) groups excluding carboxylic acids is 1. The van der Waals surface area contributed by atoms with Crippen LogP contribution >= 0.6 is 0 Å². The van der Waals surface area contributed by atoms with Gasteiger partial charge in [-0.25, -0.2) is 9.97 Å². The maximum Gasteiger partial charge on any atom is 0.197 e. The second-order valence-corrected chi connectivity index (χ2v) is 7.95. The normalized spacial score (nSPS) is 11.5. The second kappa shape index (κ2) is 7.68. The van der Waals surface area contributed by atoms with E-state index in [0.29, 0.717) is 40.9 Å². The number of hydrogen-bond acceptors (Lipinski definition) is 6. The molecule has 0 radical (unpaired) electrons. The lowest BCUT2D eigenvalue weighted by atomic mass is 10.0. The minimum absolute atomic E-state index is 0.117. The van der Waals surface area contributed by atoms with E-state index in [9.17, 15) is 4.79 Å². The van der Waals surface area contributed by atoms with E-state index in [1.54, 1.807) is 24.5 Å². The monoisotopic (exact) mass is 411 g/mol. The maximum atomic E-state index is 12.4. The number of rotatable bonds is 6. The quantitative estimate of drug-likeness (QED) is 0.346. The van der Waals surface area contributed by atoms with E-state index in [1.165, 1.54) is 0 Å². The first-order valence-corrected chi connectivity index (χ1v) is 10.2. The van der Waals surface area contributed by atoms with Gasteiger partial charge in [0.25, 0.3) is 0 Å². The molecule has 2 N–H and O–H groups in total. The molecule has 5 aromatic rings. The molecule has 0 saturated heterocycles. The Morgan fingerprint density at radius 1 is 1.10 bits per heavy atom. The van der Waals surface area contributed by atoms with Crippen molar-refractivity contribution in [3.63, 3.8) is 0 Å². The second-order valence-electron chi connectivity index (χ2n) is 7.95. The Hall–Kier alpha value is -4.00. The van der Waals surface area contributed by atoms with Crippen molar-refractivity contribution in [2.75, 3.05) is 5.32 Å². The van der Waals surface area contributed by atoms with Gasteiger partial charge < -0.3 is 9.73 Å². The lowest BCUT2D eigenvalue weighted by molar-refractivity contribution is 0.0968. The molecule has 0 spiro atoms. The lowest BCUT2D eigenvalue weighted by Crippen LogP contribution is -2.02. The molecule has 3 aromatic heterocycles. The minimum Gasteiger partial charge on any atom is -0.453 e. The molecular weight excluding hydrogens is 390 g/mol. The number of fused-ring (bicyclic) bond motifs is 2. The fourth-order valence-corrected chi connectivity index (χ4v) is 3.52. The molecule has 0 bridgehead atoms. The Balaban J connectivity index is 1.42. The topological polar surface area (TPSA) is 96.7 Å². The highest BCUT2D eigenvalue weighted by molar-refractivity contribution is 5.99. The van der Waals surface area contributed by atoms with Gasteiger partial charge >= 0.3 is 0 Å². The van der Waals surface area contributed by atoms with Crippen molar-refractivity contribution < 1.29 is 9.21 Å². The number of nitrogens with zero attached hydrogens (tertiary/aromatic N) is 3. The smallest absolute Gasteiger partial charge is 0.197 e. The summed E-state index contributed by atoms with van der Waals surface area (Å²) in [5.74, 6) is 2.11. The van der Waals surface area contributed by atoms with Crippen molar-refractivity contribution in [1.29, 1.82) is 0 Å². The van der Waals surface area contributed by atoms with Crippen LogP contribution in [0.2, 0.25) is 0 Å². The van der Waals surface area contributed by atoms with Crippen LogP contribution in [-0.4, -0.2) is 25.9 Å².